The van der Waals surface area contributed by atoms with Crippen molar-refractivity contribution in [1.82, 2.24) is 0 Å². The van der Waals surface area contributed by atoms with Gasteiger partial charge in [0.15, 0.2) is 0 Å². The van der Waals surface area contributed by atoms with Crippen molar-refractivity contribution in [2.45, 2.75) is 24.7 Å². The molecule has 0 bridgehead atoms. The van der Waals surface area contributed by atoms with Crippen LogP contribution in [0.5, 0.6) is 5.75 Å². The van der Waals surface area contributed by atoms with Crippen LogP contribution in [-0.4, -0.2) is 23.4 Å². The summed E-state index contributed by atoms with van der Waals surface area (Å²) in [5.74, 6) is 0.291. The van der Waals surface area contributed by atoms with Crippen LogP contribution in [0.2, 0.25) is 0 Å². The van der Waals surface area contributed by atoms with Crippen molar-refractivity contribution in [3.8, 4) is 5.75 Å². The zero-order chi connectivity index (χ0) is 11.8. The topological polar surface area (TPSA) is 46.5 Å². The number of esters is 1. The lowest BCUT2D eigenvalue weighted by Crippen LogP contribution is -2.08. The molecule has 1 aromatic carbocycles. The standard InChI is InChI=1S/C12H16O3S/c1-2-3-7-15-12(14)9-16-11-6-4-5-10(13)8-11/h4-6,8,13H,2-3,7,9H2,1H3. The zero-order valence-corrected chi connectivity index (χ0v) is 10.1. The molecule has 0 spiro atoms. The Morgan fingerprint density at radius 1 is 1.50 bits per heavy atom. The number of aromatic hydroxyl groups is 1. The normalized spacial score (nSPS) is 10.1. The zero-order valence-electron chi connectivity index (χ0n) is 9.31. The van der Waals surface area contributed by atoms with E-state index < -0.39 is 0 Å². The summed E-state index contributed by atoms with van der Waals surface area (Å²) in [7, 11) is 0. The summed E-state index contributed by atoms with van der Waals surface area (Å²) in [6.07, 6.45) is 1.93. The molecule has 3 nitrogen and oxygen atoms in total. The molecule has 0 saturated heterocycles. The molecule has 0 fully saturated rings. The van der Waals surface area contributed by atoms with Gasteiger partial charge in [0.25, 0.3) is 0 Å². The van der Waals surface area contributed by atoms with Gasteiger partial charge in [0.1, 0.15) is 5.75 Å². The minimum Gasteiger partial charge on any atom is -0.508 e. The molecule has 0 amide bonds. The molecular formula is C12H16O3S. The highest BCUT2D eigenvalue weighted by Gasteiger charge is 2.04. The quantitative estimate of drug-likeness (QED) is 0.472. The molecule has 1 rings (SSSR count). The molecule has 16 heavy (non-hydrogen) atoms. The highest BCUT2D eigenvalue weighted by molar-refractivity contribution is 8.00. The molecular weight excluding hydrogens is 224 g/mol. The predicted molar refractivity (Wildman–Crippen MR) is 64.7 cm³/mol. The molecule has 0 aliphatic rings. The Hall–Kier alpha value is -1.16. The molecule has 0 saturated carbocycles. The van der Waals surface area contributed by atoms with E-state index in [0.29, 0.717) is 6.61 Å². The third-order valence-electron chi connectivity index (χ3n) is 1.94. The van der Waals surface area contributed by atoms with Gasteiger partial charge in [0, 0.05) is 4.90 Å². The molecule has 1 aromatic rings. The summed E-state index contributed by atoms with van der Waals surface area (Å²) in [6.45, 7) is 2.55. The van der Waals surface area contributed by atoms with Crippen LogP contribution in [0.4, 0.5) is 0 Å². The van der Waals surface area contributed by atoms with Crippen LogP contribution in [0, 0.1) is 0 Å². The van der Waals surface area contributed by atoms with Gasteiger partial charge in [-0.25, -0.2) is 0 Å². The van der Waals surface area contributed by atoms with E-state index in [1.807, 2.05) is 6.07 Å². The Kier molecular flexibility index (Phi) is 5.78. The molecule has 0 radical (unpaired) electrons. The first-order valence-electron chi connectivity index (χ1n) is 5.30. The van der Waals surface area contributed by atoms with Crippen molar-refractivity contribution >= 4 is 17.7 Å². The summed E-state index contributed by atoms with van der Waals surface area (Å²) in [6, 6.07) is 6.83. The molecule has 0 aliphatic carbocycles. The Morgan fingerprint density at radius 3 is 3.00 bits per heavy atom. The van der Waals surface area contributed by atoms with E-state index in [2.05, 4.69) is 6.92 Å². The SMILES string of the molecule is CCCCOC(=O)CSc1cccc(O)c1. The predicted octanol–water partition coefficient (Wildman–Crippen LogP) is 2.83. The van der Waals surface area contributed by atoms with E-state index in [1.165, 1.54) is 11.8 Å². The Labute approximate surface area is 99.8 Å². The van der Waals surface area contributed by atoms with E-state index in [4.69, 9.17) is 4.74 Å². The number of hydrogen-bond acceptors (Lipinski definition) is 4. The Morgan fingerprint density at radius 2 is 2.31 bits per heavy atom. The van der Waals surface area contributed by atoms with Gasteiger partial charge in [-0.05, 0) is 24.6 Å². The minimum absolute atomic E-state index is 0.207. The first kappa shape index (κ1) is 12.9. The number of ether oxygens (including phenoxy) is 1. The highest BCUT2D eigenvalue weighted by Crippen LogP contribution is 2.21. The molecule has 0 unspecified atom stereocenters. The number of rotatable bonds is 6. The number of carbonyl (C=O) groups is 1. The van der Waals surface area contributed by atoms with Gasteiger partial charge in [-0.3, -0.25) is 4.79 Å². The van der Waals surface area contributed by atoms with Crippen molar-refractivity contribution in [3.05, 3.63) is 24.3 Å². The van der Waals surface area contributed by atoms with Crippen LogP contribution in [0.15, 0.2) is 29.2 Å². The molecule has 1 N–H and O–H groups in total. The molecule has 0 aliphatic heterocycles. The van der Waals surface area contributed by atoms with Crippen LogP contribution in [0.25, 0.3) is 0 Å². The smallest absolute Gasteiger partial charge is 0.316 e. The number of benzene rings is 1. The largest absolute Gasteiger partial charge is 0.508 e. The van der Waals surface area contributed by atoms with Gasteiger partial charge in [-0.1, -0.05) is 19.4 Å². The summed E-state index contributed by atoms with van der Waals surface area (Å²) in [4.78, 5) is 12.1. The van der Waals surface area contributed by atoms with Gasteiger partial charge in [0.05, 0.1) is 12.4 Å². The van der Waals surface area contributed by atoms with Crippen molar-refractivity contribution < 1.29 is 14.6 Å². The fraction of sp³-hybridized carbons (Fsp3) is 0.417. The number of unbranched alkanes of at least 4 members (excludes halogenated alkanes) is 1. The van der Waals surface area contributed by atoms with E-state index in [0.717, 1.165) is 17.7 Å². The molecule has 0 aromatic heterocycles. The fourth-order valence-electron chi connectivity index (χ4n) is 1.09. The highest BCUT2D eigenvalue weighted by atomic mass is 32.2. The van der Waals surface area contributed by atoms with Gasteiger partial charge >= 0.3 is 5.97 Å². The van der Waals surface area contributed by atoms with E-state index in [-0.39, 0.29) is 17.5 Å². The average molecular weight is 240 g/mol. The van der Waals surface area contributed by atoms with Crippen molar-refractivity contribution in [3.63, 3.8) is 0 Å². The summed E-state index contributed by atoms with van der Waals surface area (Å²) >= 11 is 1.37. The summed E-state index contributed by atoms with van der Waals surface area (Å²) < 4.78 is 5.01. The number of thioether (sulfide) groups is 1. The van der Waals surface area contributed by atoms with Gasteiger partial charge in [0.2, 0.25) is 0 Å². The van der Waals surface area contributed by atoms with Crippen LogP contribution in [0.3, 0.4) is 0 Å². The van der Waals surface area contributed by atoms with Gasteiger partial charge in [-0.15, -0.1) is 11.8 Å². The van der Waals surface area contributed by atoms with Gasteiger partial charge in [-0.2, -0.15) is 0 Å². The lowest BCUT2D eigenvalue weighted by molar-refractivity contribution is -0.140. The van der Waals surface area contributed by atoms with E-state index in [1.54, 1.807) is 18.2 Å². The summed E-state index contributed by atoms with van der Waals surface area (Å²) in [5, 5.41) is 9.22. The maximum absolute atomic E-state index is 11.3. The third-order valence-corrected chi connectivity index (χ3v) is 2.90. The fourth-order valence-corrected chi connectivity index (χ4v) is 1.83. The molecule has 0 heterocycles. The number of phenols is 1. The second-order valence-corrected chi connectivity index (χ2v) is 4.41. The van der Waals surface area contributed by atoms with Gasteiger partial charge < -0.3 is 9.84 Å². The number of phenolic OH excluding ortho intramolecular Hbond substituents is 1. The first-order chi connectivity index (χ1) is 7.72. The van der Waals surface area contributed by atoms with Crippen LogP contribution in [-0.2, 0) is 9.53 Å². The van der Waals surface area contributed by atoms with Crippen LogP contribution < -0.4 is 0 Å². The molecule has 4 heteroatoms. The lowest BCUT2D eigenvalue weighted by Gasteiger charge is -2.04. The van der Waals surface area contributed by atoms with Crippen LogP contribution >= 0.6 is 11.8 Å². The number of carbonyl (C=O) groups excluding carboxylic acids is 1. The first-order valence-corrected chi connectivity index (χ1v) is 6.28. The van der Waals surface area contributed by atoms with Crippen molar-refractivity contribution in [2.24, 2.45) is 0 Å². The maximum Gasteiger partial charge on any atom is 0.316 e. The van der Waals surface area contributed by atoms with Crippen molar-refractivity contribution in [2.75, 3.05) is 12.4 Å². The van der Waals surface area contributed by atoms with Crippen LogP contribution in [0.1, 0.15) is 19.8 Å². The minimum atomic E-state index is -0.207. The van der Waals surface area contributed by atoms with E-state index in [9.17, 15) is 9.90 Å². The monoisotopic (exact) mass is 240 g/mol. The third kappa shape index (κ3) is 5.07. The number of hydrogen-bond donors (Lipinski definition) is 1. The Bertz CT molecular complexity index is 339. The lowest BCUT2D eigenvalue weighted by atomic mass is 10.3. The maximum atomic E-state index is 11.3. The second-order valence-electron chi connectivity index (χ2n) is 3.36. The Balaban J connectivity index is 2.26. The van der Waals surface area contributed by atoms with E-state index >= 15 is 0 Å². The average Bonchev–Trinajstić information content (AvgIpc) is 2.27. The second kappa shape index (κ2) is 7.17. The molecule has 0 atom stereocenters. The van der Waals surface area contributed by atoms with Crippen molar-refractivity contribution in [1.29, 1.82) is 0 Å². The molecule has 88 valence electrons. The summed E-state index contributed by atoms with van der Waals surface area (Å²) in [5.41, 5.74) is 0.